The van der Waals surface area contributed by atoms with Crippen molar-refractivity contribution in [2.45, 2.75) is 13.0 Å². The van der Waals surface area contributed by atoms with Crippen LogP contribution in [0.3, 0.4) is 0 Å². The molecule has 0 fully saturated rings. The van der Waals surface area contributed by atoms with Crippen molar-refractivity contribution >= 4 is 11.7 Å². The number of benzene rings is 2. The van der Waals surface area contributed by atoms with Crippen molar-refractivity contribution in [3.63, 3.8) is 0 Å². The third-order valence-electron chi connectivity index (χ3n) is 2.87. The van der Waals surface area contributed by atoms with Gasteiger partial charge in [0.15, 0.2) is 11.6 Å². The monoisotopic (exact) mass is 295 g/mol. The highest BCUT2D eigenvalue weighted by Gasteiger charge is 2.09. The Kier molecular flexibility index (Phi) is 4.47. The second-order valence-corrected chi connectivity index (χ2v) is 4.49. The zero-order valence-electron chi connectivity index (χ0n) is 10.9. The number of halogens is 3. The van der Waals surface area contributed by atoms with Gasteiger partial charge in [0.1, 0.15) is 5.82 Å². The molecule has 110 valence electrons. The largest absolute Gasteiger partial charge is 0.481 e. The van der Waals surface area contributed by atoms with Crippen LogP contribution in [0.5, 0.6) is 0 Å². The van der Waals surface area contributed by atoms with Gasteiger partial charge in [-0.15, -0.1) is 0 Å². The molecule has 2 rings (SSSR count). The molecule has 0 atom stereocenters. The van der Waals surface area contributed by atoms with Crippen LogP contribution in [0.15, 0.2) is 36.4 Å². The minimum atomic E-state index is -1.24. The van der Waals surface area contributed by atoms with Gasteiger partial charge < -0.3 is 10.4 Å². The Morgan fingerprint density at radius 2 is 1.52 bits per heavy atom. The van der Waals surface area contributed by atoms with E-state index >= 15 is 0 Å². The predicted octanol–water partition coefficient (Wildman–Crippen LogP) is 3.34. The average molecular weight is 295 g/mol. The average Bonchev–Trinajstić information content (AvgIpc) is 2.42. The maximum atomic E-state index is 13.4. The number of aliphatic carboxylic acids is 1. The number of hydrogen-bond donors (Lipinski definition) is 2. The molecule has 0 spiro atoms. The normalized spacial score (nSPS) is 10.4. The van der Waals surface area contributed by atoms with Gasteiger partial charge in [0.05, 0.1) is 12.1 Å². The smallest absolute Gasteiger partial charge is 0.307 e. The van der Waals surface area contributed by atoms with E-state index in [4.69, 9.17) is 5.11 Å². The topological polar surface area (TPSA) is 49.3 Å². The molecule has 0 amide bonds. The molecule has 6 heteroatoms. The summed E-state index contributed by atoms with van der Waals surface area (Å²) in [5, 5.41) is 11.3. The molecule has 0 saturated heterocycles. The summed E-state index contributed by atoms with van der Waals surface area (Å²) < 4.78 is 39.2. The highest BCUT2D eigenvalue weighted by atomic mass is 19.2. The Bertz CT molecular complexity index is 657. The van der Waals surface area contributed by atoms with E-state index in [1.807, 2.05) is 0 Å². The lowest BCUT2D eigenvalue weighted by molar-refractivity contribution is -0.136. The fraction of sp³-hybridized carbons (Fsp3) is 0.133. The summed E-state index contributed by atoms with van der Waals surface area (Å²) in [4.78, 5) is 10.5. The molecule has 0 radical (unpaired) electrons. The van der Waals surface area contributed by atoms with Gasteiger partial charge >= 0.3 is 5.97 Å². The van der Waals surface area contributed by atoms with E-state index in [1.54, 1.807) is 24.3 Å². The number of anilines is 1. The van der Waals surface area contributed by atoms with Crippen molar-refractivity contribution in [1.82, 2.24) is 0 Å². The third kappa shape index (κ3) is 3.98. The summed E-state index contributed by atoms with van der Waals surface area (Å²) >= 11 is 0. The van der Waals surface area contributed by atoms with E-state index in [2.05, 4.69) is 5.32 Å². The number of carboxylic acids is 1. The highest BCUT2D eigenvalue weighted by molar-refractivity contribution is 5.70. The first-order chi connectivity index (χ1) is 9.95. The van der Waals surface area contributed by atoms with Gasteiger partial charge in [-0.2, -0.15) is 0 Å². The molecule has 0 aromatic heterocycles. The number of rotatable bonds is 5. The predicted molar refractivity (Wildman–Crippen MR) is 71.4 cm³/mol. The molecular formula is C15H12F3NO2. The molecule has 0 bridgehead atoms. The third-order valence-corrected chi connectivity index (χ3v) is 2.87. The summed E-state index contributed by atoms with van der Waals surface area (Å²) in [6, 6.07) is 7.89. The van der Waals surface area contributed by atoms with Crippen LogP contribution in [0.2, 0.25) is 0 Å². The van der Waals surface area contributed by atoms with E-state index in [0.29, 0.717) is 11.6 Å². The van der Waals surface area contributed by atoms with Gasteiger partial charge in [-0.25, -0.2) is 13.2 Å². The molecule has 0 saturated carbocycles. The molecular weight excluding hydrogens is 283 g/mol. The second kappa shape index (κ2) is 6.30. The quantitative estimate of drug-likeness (QED) is 0.832. The van der Waals surface area contributed by atoms with Gasteiger partial charge in [-0.05, 0) is 11.1 Å². The Labute approximate surface area is 119 Å². The SMILES string of the molecule is O=C(O)Cc1ccc(CNc2cc(F)c(F)cc2F)cc1. The van der Waals surface area contributed by atoms with Crippen LogP contribution in [-0.4, -0.2) is 11.1 Å². The maximum absolute atomic E-state index is 13.4. The zero-order chi connectivity index (χ0) is 15.4. The maximum Gasteiger partial charge on any atom is 0.307 e. The molecule has 0 aliphatic carbocycles. The van der Waals surface area contributed by atoms with Crippen molar-refractivity contribution in [3.05, 3.63) is 65.0 Å². The second-order valence-electron chi connectivity index (χ2n) is 4.49. The number of carbonyl (C=O) groups is 1. The van der Waals surface area contributed by atoms with E-state index in [-0.39, 0.29) is 18.7 Å². The van der Waals surface area contributed by atoms with Crippen LogP contribution in [0.1, 0.15) is 11.1 Å². The van der Waals surface area contributed by atoms with E-state index in [0.717, 1.165) is 11.6 Å². The molecule has 2 N–H and O–H groups in total. The summed E-state index contributed by atoms with van der Waals surface area (Å²) in [6.45, 7) is 0.204. The Morgan fingerprint density at radius 1 is 0.952 bits per heavy atom. The minimum Gasteiger partial charge on any atom is -0.481 e. The summed E-state index contributed by atoms with van der Waals surface area (Å²) in [7, 11) is 0. The van der Waals surface area contributed by atoms with Crippen molar-refractivity contribution in [1.29, 1.82) is 0 Å². The first kappa shape index (κ1) is 14.9. The lowest BCUT2D eigenvalue weighted by atomic mass is 10.1. The highest BCUT2D eigenvalue weighted by Crippen LogP contribution is 2.19. The molecule has 2 aromatic rings. The molecule has 2 aromatic carbocycles. The van der Waals surface area contributed by atoms with Crippen LogP contribution in [0.25, 0.3) is 0 Å². The fourth-order valence-electron chi connectivity index (χ4n) is 1.80. The van der Waals surface area contributed by atoms with Crippen molar-refractivity contribution in [2.24, 2.45) is 0 Å². The summed E-state index contributed by atoms with van der Waals surface area (Å²) in [5.74, 6) is -4.17. The van der Waals surface area contributed by atoms with Crippen LogP contribution in [-0.2, 0) is 17.8 Å². The number of hydrogen-bond acceptors (Lipinski definition) is 2. The van der Waals surface area contributed by atoms with E-state index in [1.165, 1.54) is 0 Å². The lowest BCUT2D eigenvalue weighted by Gasteiger charge is -2.09. The van der Waals surface area contributed by atoms with Gasteiger partial charge in [0, 0.05) is 18.7 Å². The van der Waals surface area contributed by atoms with Crippen LogP contribution >= 0.6 is 0 Å². The molecule has 0 aliphatic heterocycles. The van der Waals surface area contributed by atoms with E-state index < -0.39 is 23.4 Å². The van der Waals surface area contributed by atoms with Crippen LogP contribution < -0.4 is 5.32 Å². The minimum absolute atomic E-state index is 0.0779. The molecule has 21 heavy (non-hydrogen) atoms. The molecule has 3 nitrogen and oxygen atoms in total. The first-order valence-corrected chi connectivity index (χ1v) is 6.13. The molecule has 0 heterocycles. The first-order valence-electron chi connectivity index (χ1n) is 6.13. The van der Waals surface area contributed by atoms with Crippen molar-refractivity contribution < 1.29 is 23.1 Å². The van der Waals surface area contributed by atoms with Crippen LogP contribution in [0, 0.1) is 17.5 Å². The van der Waals surface area contributed by atoms with Crippen molar-refractivity contribution in [2.75, 3.05) is 5.32 Å². The van der Waals surface area contributed by atoms with Crippen molar-refractivity contribution in [3.8, 4) is 0 Å². The summed E-state index contributed by atoms with van der Waals surface area (Å²) in [5.41, 5.74) is 1.27. The van der Waals surface area contributed by atoms with Gasteiger partial charge in [-0.1, -0.05) is 24.3 Å². The Morgan fingerprint density at radius 3 is 2.14 bits per heavy atom. The van der Waals surface area contributed by atoms with E-state index in [9.17, 15) is 18.0 Å². The number of carboxylic acid groups (broad SMARTS) is 1. The standard InChI is InChI=1S/C15H12F3NO2/c16-11-6-13(18)14(7-12(11)17)19-8-10-3-1-9(2-4-10)5-15(20)21/h1-4,6-7,19H,5,8H2,(H,20,21). The number of nitrogens with one attached hydrogen (secondary N) is 1. The van der Waals surface area contributed by atoms with Gasteiger partial charge in [-0.3, -0.25) is 4.79 Å². The Balaban J connectivity index is 2.03. The summed E-state index contributed by atoms with van der Waals surface area (Å²) in [6.07, 6.45) is -0.0779. The van der Waals surface area contributed by atoms with Gasteiger partial charge in [0.2, 0.25) is 0 Å². The van der Waals surface area contributed by atoms with Crippen LogP contribution in [0.4, 0.5) is 18.9 Å². The molecule has 0 aliphatic rings. The van der Waals surface area contributed by atoms with Gasteiger partial charge in [0.25, 0.3) is 0 Å². The fourth-order valence-corrected chi connectivity index (χ4v) is 1.80. The zero-order valence-corrected chi connectivity index (χ0v) is 10.9. The lowest BCUT2D eigenvalue weighted by Crippen LogP contribution is -2.04. The Hall–Kier alpha value is -2.50. The molecule has 0 unspecified atom stereocenters.